The summed E-state index contributed by atoms with van der Waals surface area (Å²) in [6.45, 7) is 2.82. The van der Waals surface area contributed by atoms with Crippen LogP contribution in [0.15, 0.2) is 16.0 Å². The predicted octanol–water partition coefficient (Wildman–Crippen LogP) is 0.0409. The molecule has 0 aromatic carbocycles. The van der Waals surface area contributed by atoms with Gasteiger partial charge in [0, 0.05) is 12.6 Å². The maximum atomic E-state index is 11.2. The van der Waals surface area contributed by atoms with Crippen molar-refractivity contribution in [3.63, 3.8) is 0 Å². The smallest absolute Gasteiger partial charge is 0.253 e. The summed E-state index contributed by atoms with van der Waals surface area (Å²) < 4.78 is 1.73. The molecular formula is C9H13N7OS. The van der Waals surface area contributed by atoms with E-state index in [0.29, 0.717) is 10.9 Å². The fourth-order valence-corrected chi connectivity index (χ4v) is 2.18. The Bertz CT molecular complexity index is 578. The van der Waals surface area contributed by atoms with Crippen LogP contribution in [0.25, 0.3) is 0 Å². The molecule has 0 aliphatic carbocycles. The van der Waals surface area contributed by atoms with Gasteiger partial charge in [-0.3, -0.25) is 4.79 Å². The minimum Gasteiger partial charge on any atom is -0.383 e. The Morgan fingerprint density at radius 1 is 1.56 bits per heavy atom. The SMILES string of the molecule is CCCn1nnnc1CSc1nc(N)cc(=O)[nH]1. The van der Waals surface area contributed by atoms with Crippen LogP contribution in [0.3, 0.4) is 0 Å². The Hall–Kier alpha value is -1.90. The summed E-state index contributed by atoms with van der Waals surface area (Å²) in [5.74, 6) is 1.47. The molecule has 0 unspecified atom stereocenters. The van der Waals surface area contributed by atoms with Gasteiger partial charge in [0.25, 0.3) is 5.56 Å². The van der Waals surface area contributed by atoms with Gasteiger partial charge in [-0.05, 0) is 16.8 Å². The van der Waals surface area contributed by atoms with Crippen LogP contribution >= 0.6 is 11.8 Å². The van der Waals surface area contributed by atoms with E-state index in [4.69, 9.17) is 5.73 Å². The molecule has 0 radical (unpaired) electrons. The zero-order valence-electron chi connectivity index (χ0n) is 9.83. The van der Waals surface area contributed by atoms with Gasteiger partial charge in [-0.25, -0.2) is 9.67 Å². The van der Waals surface area contributed by atoms with Crippen molar-refractivity contribution >= 4 is 17.6 Å². The lowest BCUT2D eigenvalue weighted by atomic mass is 10.5. The number of anilines is 1. The van der Waals surface area contributed by atoms with Crippen LogP contribution in [0.1, 0.15) is 19.2 Å². The van der Waals surface area contributed by atoms with Crippen LogP contribution in [-0.2, 0) is 12.3 Å². The molecule has 0 saturated heterocycles. The lowest BCUT2D eigenvalue weighted by molar-refractivity contribution is 0.564. The summed E-state index contributed by atoms with van der Waals surface area (Å²) in [5.41, 5.74) is 5.23. The molecule has 2 heterocycles. The average Bonchev–Trinajstić information content (AvgIpc) is 2.73. The number of aryl methyl sites for hydroxylation is 1. The van der Waals surface area contributed by atoms with Crippen LogP contribution in [-0.4, -0.2) is 30.2 Å². The number of tetrazole rings is 1. The first-order valence-electron chi connectivity index (χ1n) is 5.43. The van der Waals surface area contributed by atoms with E-state index < -0.39 is 0 Å². The zero-order chi connectivity index (χ0) is 13.0. The van der Waals surface area contributed by atoms with Crippen molar-refractivity contribution in [2.45, 2.75) is 30.8 Å². The lowest BCUT2D eigenvalue weighted by Crippen LogP contribution is -2.10. The van der Waals surface area contributed by atoms with Crippen LogP contribution < -0.4 is 11.3 Å². The molecule has 9 heteroatoms. The normalized spacial score (nSPS) is 10.7. The molecule has 0 atom stereocenters. The van der Waals surface area contributed by atoms with Crippen molar-refractivity contribution in [3.05, 3.63) is 22.2 Å². The van der Waals surface area contributed by atoms with E-state index >= 15 is 0 Å². The molecule has 96 valence electrons. The largest absolute Gasteiger partial charge is 0.383 e. The summed E-state index contributed by atoms with van der Waals surface area (Å²) in [4.78, 5) is 17.8. The molecule has 0 fully saturated rings. The summed E-state index contributed by atoms with van der Waals surface area (Å²) in [7, 11) is 0. The summed E-state index contributed by atoms with van der Waals surface area (Å²) >= 11 is 1.34. The second kappa shape index (κ2) is 5.63. The number of nitrogens with one attached hydrogen (secondary N) is 1. The van der Waals surface area contributed by atoms with E-state index in [-0.39, 0.29) is 11.4 Å². The van der Waals surface area contributed by atoms with Crippen molar-refractivity contribution < 1.29 is 0 Å². The number of nitrogens with two attached hydrogens (primary N) is 1. The Morgan fingerprint density at radius 2 is 2.39 bits per heavy atom. The number of nitrogens with zero attached hydrogens (tertiary/aromatic N) is 5. The monoisotopic (exact) mass is 267 g/mol. The Morgan fingerprint density at radius 3 is 3.11 bits per heavy atom. The highest BCUT2D eigenvalue weighted by atomic mass is 32.2. The van der Waals surface area contributed by atoms with Gasteiger partial charge >= 0.3 is 0 Å². The van der Waals surface area contributed by atoms with Crippen LogP contribution in [0, 0.1) is 0 Å². The molecule has 0 bridgehead atoms. The van der Waals surface area contributed by atoms with Crippen LogP contribution in [0.2, 0.25) is 0 Å². The van der Waals surface area contributed by atoms with Crippen molar-refractivity contribution in [2.24, 2.45) is 0 Å². The molecule has 0 spiro atoms. The highest BCUT2D eigenvalue weighted by Crippen LogP contribution is 2.16. The molecule has 0 saturated carbocycles. The number of nitrogen functional groups attached to an aromatic ring is 1. The van der Waals surface area contributed by atoms with Gasteiger partial charge in [0.2, 0.25) is 0 Å². The van der Waals surface area contributed by atoms with E-state index in [1.165, 1.54) is 17.8 Å². The molecular weight excluding hydrogens is 254 g/mol. The number of thioether (sulfide) groups is 1. The first kappa shape index (κ1) is 12.6. The summed E-state index contributed by atoms with van der Waals surface area (Å²) in [5, 5.41) is 11.9. The van der Waals surface area contributed by atoms with Gasteiger partial charge in [0.05, 0.1) is 5.75 Å². The van der Waals surface area contributed by atoms with E-state index in [0.717, 1.165) is 18.8 Å². The molecule has 8 nitrogen and oxygen atoms in total. The standard InChI is InChI=1S/C9H13N7OS/c1-2-3-16-7(13-14-15-16)5-18-9-11-6(10)4-8(17)12-9/h4H,2-3,5H2,1H3,(H3,10,11,12,17). The number of H-pyrrole nitrogens is 1. The molecule has 3 N–H and O–H groups in total. The van der Waals surface area contributed by atoms with Crippen LogP contribution in [0.5, 0.6) is 0 Å². The van der Waals surface area contributed by atoms with Crippen molar-refractivity contribution in [1.29, 1.82) is 0 Å². The highest BCUT2D eigenvalue weighted by molar-refractivity contribution is 7.98. The Kier molecular flexibility index (Phi) is 3.92. The molecule has 2 rings (SSSR count). The summed E-state index contributed by atoms with van der Waals surface area (Å²) in [6.07, 6.45) is 0.954. The first-order valence-corrected chi connectivity index (χ1v) is 6.42. The second-order valence-corrected chi connectivity index (χ2v) is 4.55. The third kappa shape index (κ3) is 3.06. The van der Waals surface area contributed by atoms with Gasteiger partial charge in [-0.15, -0.1) is 5.10 Å². The van der Waals surface area contributed by atoms with Gasteiger partial charge in [-0.1, -0.05) is 18.7 Å². The highest BCUT2D eigenvalue weighted by Gasteiger charge is 2.07. The molecule has 0 amide bonds. The van der Waals surface area contributed by atoms with E-state index in [1.807, 2.05) is 0 Å². The van der Waals surface area contributed by atoms with Crippen molar-refractivity contribution in [2.75, 3.05) is 5.73 Å². The van der Waals surface area contributed by atoms with Gasteiger partial charge in [0.15, 0.2) is 11.0 Å². The molecule has 2 aromatic heterocycles. The fourth-order valence-electron chi connectivity index (χ4n) is 1.37. The van der Waals surface area contributed by atoms with Crippen molar-refractivity contribution in [3.8, 4) is 0 Å². The second-order valence-electron chi connectivity index (χ2n) is 3.58. The molecule has 2 aromatic rings. The predicted molar refractivity (Wildman–Crippen MR) is 66.9 cm³/mol. The third-order valence-electron chi connectivity index (χ3n) is 2.12. The minimum atomic E-state index is -0.266. The zero-order valence-corrected chi connectivity index (χ0v) is 10.6. The maximum Gasteiger partial charge on any atom is 0.253 e. The number of hydrogen-bond acceptors (Lipinski definition) is 7. The number of aromatic nitrogens is 6. The quantitative estimate of drug-likeness (QED) is 0.580. The number of hydrogen-bond donors (Lipinski definition) is 2. The third-order valence-corrected chi connectivity index (χ3v) is 2.99. The number of rotatable bonds is 5. The Labute approximate surface area is 107 Å². The van der Waals surface area contributed by atoms with Crippen LogP contribution in [0.4, 0.5) is 5.82 Å². The van der Waals surface area contributed by atoms with Gasteiger partial charge < -0.3 is 10.7 Å². The fraction of sp³-hybridized carbons (Fsp3) is 0.444. The van der Waals surface area contributed by atoms with Gasteiger partial charge in [-0.2, -0.15) is 0 Å². The van der Waals surface area contributed by atoms with E-state index in [2.05, 4.69) is 32.4 Å². The average molecular weight is 267 g/mol. The molecule has 18 heavy (non-hydrogen) atoms. The van der Waals surface area contributed by atoms with E-state index in [1.54, 1.807) is 4.68 Å². The molecule has 0 aliphatic heterocycles. The van der Waals surface area contributed by atoms with Gasteiger partial charge in [0.1, 0.15) is 5.82 Å². The molecule has 0 aliphatic rings. The lowest BCUT2D eigenvalue weighted by Gasteiger charge is -2.02. The first-order chi connectivity index (χ1) is 8.69. The van der Waals surface area contributed by atoms with Crippen molar-refractivity contribution in [1.82, 2.24) is 30.2 Å². The number of aromatic amines is 1. The topological polar surface area (TPSA) is 115 Å². The van der Waals surface area contributed by atoms with E-state index in [9.17, 15) is 4.79 Å². The maximum absolute atomic E-state index is 11.2. The summed E-state index contributed by atoms with van der Waals surface area (Å²) in [6, 6.07) is 1.24. The minimum absolute atomic E-state index is 0.203. The Balaban J connectivity index is 2.06.